The molecule has 3 aromatic heterocycles. The second-order valence-corrected chi connectivity index (χ2v) is 20.3. The fourth-order valence-corrected chi connectivity index (χ4v) is 13.2. The Kier molecular flexibility index (Phi) is 12.1. The summed E-state index contributed by atoms with van der Waals surface area (Å²) in [6.07, 6.45) is 15.3. The van der Waals surface area contributed by atoms with Crippen molar-refractivity contribution in [1.29, 1.82) is 0 Å². The van der Waals surface area contributed by atoms with Gasteiger partial charge in [-0.1, -0.05) is 36.8 Å². The minimum atomic E-state index is -0.954. The number of aromatic nitrogens is 3. The van der Waals surface area contributed by atoms with E-state index in [4.69, 9.17) is 23.0 Å². The van der Waals surface area contributed by atoms with Crippen molar-refractivity contribution in [3.05, 3.63) is 160 Å². The molecule has 5 fully saturated rings. The predicted molar refractivity (Wildman–Crippen MR) is 249 cm³/mol. The number of para-hydroxylation sites is 1. The number of aryl methyl sites for hydroxylation is 2. The van der Waals surface area contributed by atoms with E-state index in [9.17, 15) is 27.2 Å². The number of halogens is 4. The Balaban J connectivity index is 0.000000155. The predicted octanol–water partition coefficient (Wildman–Crippen LogP) is 6.10. The Bertz CT molecular complexity index is 3030. The van der Waals surface area contributed by atoms with Crippen molar-refractivity contribution in [3.63, 3.8) is 0 Å². The lowest BCUT2D eigenvalue weighted by Gasteiger charge is -2.56. The van der Waals surface area contributed by atoms with E-state index < -0.39 is 39.6 Å². The van der Waals surface area contributed by atoms with Gasteiger partial charge in [0, 0.05) is 62.6 Å². The van der Waals surface area contributed by atoms with Crippen LogP contribution in [0, 0.1) is 54.9 Å². The number of nitrogens with two attached hydrogens (primary N) is 2. The van der Waals surface area contributed by atoms with Crippen LogP contribution in [-0.4, -0.2) is 94.1 Å². The minimum Gasteiger partial charge on any atom is -0.447 e. The second-order valence-electron chi connectivity index (χ2n) is 20.3. The zero-order valence-corrected chi connectivity index (χ0v) is 39.9. The van der Waals surface area contributed by atoms with Crippen molar-refractivity contribution in [2.45, 2.75) is 87.4 Å². The van der Waals surface area contributed by atoms with Gasteiger partial charge in [-0.2, -0.15) is 0 Å². The lowest BCUT2D eigenvalue weighted by molar-refractivity contribution is -0.686. The molecule has 0 bridgehead atoms. The van der Waals surface area contributed by atoms with Gasteiger partial charge in [0.05, 0.1) is 55.3 Å². The summed E-state index contributed by atoms with van der Waals surface area (Å²) in [7, 11) is 1.70. The zero-order valence-electron chi connectivity index (χ0n) is 39.9. The van der Waals surface area contributed by atoms with E-state index in [1.165, 1.54) is 36.9 Å². The van der Waals surface area contributed by atoms with E-state index in [2.05, 4.69) is 43.7 Å². The maximum atomic E-state index is 14.7. The van der Waals surface area contributed by atoms with Gasteiger partial charge in [0.2, 0.25) is 23.6 Å². The third-order valence-corrected chi connectivity index (χ3v) is 16.5. The molecule has 4 aliphatic heterocycles. The summed E-state index contributed by atoms with van der Waals surface area (Å²) in [6, 6.07) is 12.7. The standard InChI is InChI=1S/C29H33F2N3O3.C25H22F2N4O3/c1-18-15-37-27(33-18)28(21-10-22(30)12-23(31)11-21)16-32-17-29(20-6-4-7-20)25(28)13-26(35)34(29)14-19-5-3-8-24(9-19)36-2;1-14-11-33-24(30-14)25(16-5-17(26)7-18(27)6-16)12-28-9-20-19(25)8-22(32)31(20)10-15-3-2-4-21-23(15)29-13-34-21/h3,5,9-12,15,20,24-25,32H,4,6-8,13-14,16-17H2,1-2H3;2-7,11,13,19-20,28H,8-10,12H2,1H3/p+2. The largest absolute Gasteiger partial charge is 0.447 e. The zero-order chi connectivity index (χ0) is 49.2. The Morgan fingerprint density at radius 1 is 0.789 bits per heavy atom. The first-order valence-electron chi connectivity index (χ1n) is 24.5. The maximum absolute atomic E-state index is 14.7. The SMILES string of the molecule is COC1C=C(CN2C(=O)CC3C(c4cc(F)cc(F)c4)(c4nc(C)co4)C[NH2+]CC32C2CCC2)C=CC1.Cc1coc(C2(c3cc(F)cc(F)c3)C[NH2+]CC3C2CC(=O)N3Cc2cccc3ocnc23)n1. The monoisotopic (exact) mass is 975 g/mol. The number of fused-ring (bicyclic) bond motifs is 3. The van der Waals surface area contributed by atoms with Gasteiger partial charge in [0.25, 0.3) is 0 Å². The summed E-state index contributed by atoms with van der Waals surface area (Å²) >= 11 is 0. The van der Waals surface area contributed by atoms with Gasteiger partial charge < -0.3 is 38.4 Å². The first-order valence-corrected chi connectivity index (χ1v) is 24.5. The summed E-state index contributed by atoms with van der Waals surface area (Å²) in [6.45, 7) is 6.91. The number of likely N-dealkylation sites (tertiary alicyclic amines) is 2. The molecule has 2 aliphatic carbocycles. The molecule has 13 nitrogen and oxygen atoms in total. The minimum absolute atomic E-state index is 0.00396. The second kappa shape index (κ2) is 18.3. The average molecular weight is 976 g/mol. The van der Waals surface area contributed by atoms with Crippen LogP contribution in [0.3, 0.4) is 0 Å². The fraction of sp³-hybridized carbons (Fsp3) is 0.426. The average Bonchev–Trinajstić information content (AvgIpc) is 4.18. The van der Waals surface area contributed by atoms with E-state index in [1.54, 1.807) is 13.4 Å². The molecular formula is C54H57F4N7O6+2. The number of nitrogens with zero attached hydrogens (tertiary/aromatic N) is 5. The molecule has 4 saturated heterocycles. The number of quaternary nitrogens is 2. The summed E-state index contributed by atoms with van der Waals surface area (Å²) in [5, 5.41) is 4.28. The Morgan fingerprint density at radius 3 is 2.08 bits per heavy atom. The Hall–Kier alpha value is -6.43. The molecule has 0 radical (unpaired) electrons. The smallest absolute Gasteiger partial charge is 0.223 e. The van der Waals surface area contributed by atoms with E-state index in [1.807, 2.05) is 36.9 Å². The fourth-order valence-electron chi connectivity index (χ4n) is 13.2. The lowest BCUT2D eigenvalue weighted by Crippen LogP contribution is -2.98. The molecular weight excluding hydrogens is 919 g/mol. The number of oxazole rings is 3. The molecule has 12 rings (SSSR count). The highest BCUT2D eigenvalue weighted by molar-refractivity contribution is 5.83. The molecule has 0 spiro atoms. The van der Waals surface area contributed by atoms with E-state index in [0.717, 1.165) is 61.0 Å². The lowest BCUT2D eigenvalue weighted by atomic mass is 9.54. The van der Waals surface area contributed by atoms with Crippen LogP contribution in [0.1, 0.15) is 78.4 Å². The number of piperidine rings is 2. The van der Waals surface area contributed by atoms with Gasteiger partial charge in [-0.15, -0.1) is 0 Å². The molecule has 7 heterocycles. The van der Waals surface area contributed by atoms with Gasteiger partial charge >= 0.3 is 0 Å². The van der Waals surface area contributed by atoms with Gasteiger partial charge in [0.15, 0.2) is 12.0 Å². The Morgan fingerprint density at radius 2 is 1.45 bits per heavy atom. The number of hydrogen-bond acceptors (Lipinski definition) is 9. The van der Waals surface area contributed by atoms with Crippen molar-refractivity contribution in [3.8, 4) is 0 Å². The molecule has 71 heavy (non-hydrogen) atoms. The van der Waals surface area contributed by atoms with Gasteiger partial charge in [0.1, 0.15) is 52.1 Å². The first kappa shape index (κ1) is 46.9. The normalized spacial score (nSPS) is 28.4. The van der Waals surface area contributed by atoms with Crippen molar-refractivity contribution in [2.75, 3.05) is 39.8 Å². The third kappa shape index (κ3) is 7.91. The number of methoxy groups -OCH3 is 1. The molecule has 3 aromatic carbocycles. The molecule has 6 aromatic rings. The molecule has 4 N–H and O–H groups in total. The highest BCUT2D eigenvalue weighted by Gasteiger charge is 2.70. The van der Waals surface area contributed by atoms with Crippen molar-refractivity contribution in [2.24, 2.45) is 17.8 Å². The number of hydrogen-bond donors (Lipinski definition) is 2. The van der Waals surface area contributed by atoms with E-state index in [0.29, 0.717) is 78.5 Å². The van der Waals surface area contributed by atoms with Crippen LogP contribution in [0.5, 0.6) is 0 Å². The molecule has 1 saturated carbocycles. The van der Waals surface area contributed by atoms with Gasteiger partial charge in [-0.05, 0) is 86.1 Å². The van der Waals surface area contributed by atoms with Gasteiger partial charge in [-0.25, -0.2) is 32.5 Å². The first-order chi connectivity index (χ1) is 34.3. The van der Waals surface area contributed by atoms with Crippen LogP contribution in [0.25, 0.3) is 11.1 Å². The number of carbonyl (C=O) groups excluding carboxylic acids is 2. The number of carbonyl (C=O) groups is 2. The van der Waals surface area contributed by atoms with Crippen LogP contribution >= 0.6 is 0 Å². The quantitative estimate of drug-likeness (QED) is 0.155. The third-order valence-electron chi connectivity index (χ3n) is 16.5. The van der Waals surface area contributed by atoms with Crippen molar-refractivity contribution < 1.29 is 55.8 Å². The maximum Gasteiger partial charge on any atom is 0.223 e. The summed E-state index contributed by atoms with van der Waals surface area (Å²) in [5.41, 5.74) is 3.26. The number of benzene rings is 3. The summed E-state index contributed by atoms with van der Waals surface area (Å²) < 4.78 is 81.0. The van der Waals surface area contributed by atoms with E-state index >= 15 is 0 Å². The highest BCUT2D eigenvalue weighted by atomic mass is 19.1. The molecule has 2 amide bonds. The summed E-state index contributed by atoms with van der Waals surface area (Å²) in [5.74, 6) is -1.92. The number of amides is 2. The molecule has 6 aliphatic rings. The number of rotatable bonds is 10. The van der Waals surface area contributed by atoms with Crippen LogP contribution in [0.2, 0.25) is 0 Å². The molecule has 17 heteroatoms. The molecule has 7 atom stereocenters. The van der Waals surface area contributed by atoms with Crippen LogP contribution in [0.4, 0.5) is 17.6 Å². The number of ether oxygens (including phenoxy) is 1. The summed E-state index contributed by atoms with van der Waals surface area (Å²) in [4.78, 5) is 44.9. The van der Waals surface area contributed by atoms with Crippen LogP contribution in [0.15, 0.2) is 111 Å². The highest BCUT2D eigenvalue weighted by Crippen LogP contribution is 2.58. The molecule has 370 valence electrons. The van der Waals surface area contributed by atoms with Crippen LogP contribution < -0.4 is 10.6 Å². The van der Waals surface area contributed by atoms with Crippen LogP contribution in [-0.2, 0) is 31.7 Å². The topological polar surface area (TPSA) is 161 Å². The van der Waals surface area contributed by atoms with Crippen molar-refractivity contribution in [1.82, 2.24) is 24.8 Å². The van der Waals surface area contributed by atoms with Crippen molar-refractivity contribution >= 4 is 22.9 Å². The molecule has 7 unspecified atom stereocenters. The van der Waals surface area contributed by atoms with Gasteiger partial charge in [-0.3, -0.25) is 9.59 Å². The van der Waals surface area contributed by atoms with E-state index in [-0.39, 0.29) is 48.6 Å². The Labute approximate surface area is 407 Å².